The molecule has 1 aromatic rings. The fraction of sp³-hybridized carbons (Fsp3) is 0.786. The fourth-order valence-electron chi connectivity index (χ4n) is 2.96. The van der Waals surface area contributed by atoms with Gasteiger partial charge in [-0.3, -0.25) is 4.68 Å². The third kappa shape index (κ3) is 2.39. The summed E-state index contributed by atoms with van der Waals surface area (Å²) in [7, 11) is 2.07. The number of rotatable bonds is 5. The molecule has 3 heteroatoms. The standard InChI is InChI=1S/C14H23N3/c1-11-8-13(17(2)16-11)9-14(6-3-7-14)10-15-12-4-5-12/h8,12,15H,3-7,9-10H2,1-2H3. The van der Waals surface area contributed by atoms with Crippen LogP contribution in [0.15, 0.2) is 6.07 Å². The van der Waals surface area contributed by atoms with E-state index in [0.717, 1.165) is 11.7 Å². The van der Waals surface area contributed by atoms with Crippen molar-refractivity contribution in [2.24, 2.45) is 12.5 Å². The Morgan fingerprint density at radius 2 is 2.24 bits per heavy atom. The van der Waals surface area contributed by atoms with Crippen LogP contribution in [0.3, 0.4) is 0 Å². The lowest BCUT2D eigenvalue weighted by molar-refractivity contribution is 0.126. The summed E-state index contributed by atoms with van der Waals surface area (Å²) in [5.41, 5.74) is 3.08. The fourth-order valence-corrected chi connectivity index (χ4v) is 2.96. The van der Waals surface area contributed by atoms with Crippen molar-refractivity contribution < 1.29 is 0 Å². The van der Waals surface area contributed by atoms with E-state index in [2.05, 4.69) is 35.1 Å². The number of aromatic nitrogens is 2. The van der Waals surface area contributed by atoms with Gasteiger partial charge in [0, 0.05) is 25.3 Å². The van der Waals surface area contributed by atoms with Gasteiger partial charge in [-0.1, -0.05) is 6.42 Å². The molecule has 0 amide bonds. The minimum atomic E-state index is 0.531. The smallest absolute Gasteiger partial charge is 0.0596 e. The molecule has 1 heterocycles. The molecular formula is C14H23N3. The monoisotopic (exact) mass is 233 g/mol. The molecule has 1 aromatic heterocycles. The number of aryl methyl sites for hydroxylation is 2. The molecule has 0 unspecified atom stereocenters. The van der Waals surface area contributed by atoms with E-state index in [1.807, 2.05) is 0 Å². The maximum atomic E-state index is 4.46. The van der Waals surface area contributed by atoms with Gasteiger partial charge in [-0.2, -0.15) is 5.10 Å². The molecule has 3 nitrogen and oxygen atoms in total. The summed E-state index contributed by atoms with van der Waals surface area (Å²) in [5, 5.41) is 8.17. The second-order valence-electron chi connectivity index (χ2n) is 6.09. The molecular weight excluding hydrogens is 210 g/mol. The molecule has 0 aromatic carbocycles. The predicted octanol–water partition coefficient (Wildman–Crippen LogP) is 2.19. The van der Waals surface area contributed by atoms with Crippen LogP contribution in [0.25, 0.3) is 0 Å². The van der Waals surface area contributed by atoms with Gasteiger partial charge in [-0.15, -0.1) is 0 Å². The van der Waals surface area contributed by atoms with Crippen LogP contribution >= 0.6 is 0 Å². The van der Waals surface area contributed by atoms with E-state index in [0.29, 0.717) is 5.41 Å². The van der Waals surface area contributed by atoms with Crippen molar-refractivity contribution in [2.75, 3.05) is 6.54 Å². The van der Waals surface area contributed by atoms with Gasteiger partial charge < -0.3 is 5.32 Å². The Balaban J connectivity index is 1.65. The van der Waals surface area contributed by atoms with Crippen LogP contribution in [0.2, 0.25) is 0 Å². The highest BCUT2D eigenvalue weighted by Crippen LogP contribution is 2.43. The second kappa shape index (κ2) is 4.13. The van der Waals surface area contributed by atoms with E-state index in [-0.39, 0.29) is 0 Å². The summed E-state index contributed by atoms with van der Waals surface area (Å²) < 4.78 is 2.06. The molecule has 2 aliphatic rings. The summed E-state index contributed by atoms with van der Waals surface area (Å²) in [6.45, 7) is 3.29. The molecule has 0 aliphatic heterocycles. The van der Waals surface area contributed by atoms with Crippen molar-refractivity contribution in [1.82, 2.24) is 15.1 Å². The van der Waals surface area contributed by atoms with Gasteiger partial charge in [-0.25, -0.2) is 0 Å². The first-order chi connectivity index (χ1) is 8.17. The molecule has 17 heavy (non-hydrogen) atoms. The van der Waals surface area contributed by atoms with Crippen molar-refractivity contribution in [2.45, 2.75) is 51.5 Å². The minimum absolute atomic E-state index is 0.531. The van der Waals surface area contributed by atoms with Crippen molar-refractivity contribution >= 4 is 0 Å². The summed E-state index contributed by atoms with van der Waals surface area (Å²) in [6.07, 6.45) is 8.16. The van der Waals surface area contributed by atoms with Crippen molar-refractivity contribution in [3.05, 3.63) is 17.5 Å². The van der Waals surface area contributed by atoms with E-state index in [1.54, 1.807) is 0 Å². The number of hydrogen-bond donors (Lipinski definition) is 1. The van der Waals surface area contributed by atoms with Gasteiger partial charge in [0.25, 0.3) is 0 Å². The molecule has 0 atom stereocenters. The molecule has 0 bridgehead atoms. The van der Waals surface area contributed by atoms with E-state index in [9.17, 15) is 0 Å². The van der Waals surface area contributed by atoms with Crippen molar-refractivity contribution in [3.63, 3.8) is 0 Å². The summed E-state index contributed by atoms with van der Waals surface area (Å²) in [5.74, 6) is 0. The number of hydrogen-bond acceptors (Lipinski definition) is 2. The largest absolute Gasteiger partial charge is 0.313 e. The summed E-state index contributed by atoms with van der Waals surface area (Å²) >= 11 is 0. The van der Waals surface area contributed by atoms with E-state index >= 15 is 0 Å². The van der Waals surface area contributed by atoms with Crippen LogP contribution in [0.1, 0.15) is 43.5 Å². The molecule has 0 spiro atoms. The van der Waals surface area contributed by atoms with E-state index < -0.39 is 0 Å². The lowest BCUT2D eigenvalue weighted by Crippen LogP contribution is -2.42. The zero-order valence-electron chi connectivity index (χ0n) is 11.0. The number of nitrogens with one attached hydrogen (secondary N) is 1. The van der Waals surface area contributed by atoms with Crippen LogP contribution in [0, 0.1) is 12.3 Å². The van der Waals surface area contributed by atoms with Crippen LogP contribution in [0.4, 0.5) is 0 Å². The van der Waals surface area contributed by atoms with Gasteiger partial charge in [0.05, 0.1) is 5.69 Å². The molecule has 94 valence electrons. The SMILES string of the molecule is Cc1cc(CC2(CNC3CC3)CCC2)n(C)n1. The highest BCUT2D eigenvalue weighted by atomic mass is 15.3. The third-order valence-electron chi connectivity index (χ3n) is 4.41. The average Bonchev–Trinajstić information content (AvgIpc) is 2.98. The Morgan fingerprint density at radius 3 is 2.71 bits per heavy atom. The Labute approximate surface area is 104 Å². The topological polar surface area (TPSA) is 29.9 Å². The molecule has 1 N–H and O–H groups in total. The van der Waals surface area contributed by atoms with Crippen LogP contribution in [-0.2, 0) is 13.5 Å². The van der Waals surface area contributed by atoms with Crippen LogP contribution in [0.5, 0.6) is 0 Å². The quantitative estimate of drug-likeness (QED) is 0.845. The van der Waals surface area contributed by atoms with Gasteiger partial charge in [0.2, 0.25) is 0 Å². The highest BCUT2D eigenvalue weighted by Gasteiger charge is 2.38. The van der Waals surface area contributed by atoms with Crippen LogP contribution in [-0.4, -0.2) is 22.4 Å². The first-order valence-corrected chi connectivity index (χ1v) is 6.90. The molecule has 2 saturated carbocycles. The van der Waals surface area contributed by atoms with Gasteiger partial charge in [0.15, 0.2) is 0 Å². The highest BCUT2D eigenvalue weighted by molar-refractivity contribution is 5.12. The Hall–Kier alpha value is -0.830. The minimum Gasteiger partial charge on any atom is -0.313 e. The van der Waals surface area contributed by atoms with E-state index in [1.165, 1.54) is 50.8 Å². The lowest BCUT2D eigenvalue weighted by Gasteiger charge is -2.42. The predicted molar refractivity (Wildman–Crippen MR) is 69.0 cm³/mol. The van der Waals surface area contributed by atoms with Crippen molar-refractivity contribution in [3.8, 4) is 0 Å². The van der Waals surface area contributed by atoms with Gasteiger partial charge in [-0.05, 0) is 50.5 Å². The third-order valence-corrected chi connectivity index (χ3v) is 4.41. The maximum Gasteiger partial charge on any atom is 0.0596 e. The molecule has 0 saturated heterocycles. The molecule has 2 aliphatic carbocycles. The summed E-state index contributed by atoms with van der Waals surface area (Å²) in [4.78, 5) is 0. The lowest BCUT2D eigenvalue weighted by atomic mass is 9.66. The van der Waals surface area contributed by atoms with Gasteiger partial charge >= 0.3 is 0 Å². The normalized spacial score (nSPS) is 22.5. The first kappa shape index (κ1) is 11.3. The Kier molecular flexibility index (Phi) is 2.74. The van der Waals surface area contributed by atoms with Crippen molar-refractivity contribution in [1.29, 1.82) is 0 Å². The average molecular weight is 233 g/mol. The molecule has 0 radical (unpaired) electrons. The second-order valence-corrected chi connectivity index (χ2v) is 6.09. The Bertz CT molecular complexity index is 400. The van der Waals surface area contributed by atoms with E-state index in [4.69, 9.17) is 0 Å². The molecule has 3 rings (SSSR count). The zero-order chi connectivity index (χ0) is 11.9. The zero-order valence-corrected chi connectivity index (χ0v) is 11.0. The number of nitrogens with zero attached hydrogens (tertiary/aromatic N) is 2. The first-order valence-electron chi connectivity index (χ1n) is 6.90. The van der Waals surface area contributed by atoms with Gasteiger partial charge in [0.1, 0.15) is 0 Å². The Morgan fingerprint density at radius 1 is 1.47 bits per heavy atom. The summed E-state index contributed by atoms with van der Waals surface area (Å²) in [6, 6.07) is 3.08. The molecule has 2 fully saturated rings. The maximum absolute atomic E-state index is 4.46. The van der Waals surface area contributed by atoms with Crippen LogP contribution < -0.4 is 5.32 Å².